The number of carbonyl (C=O) groups is 2. The molecule has 0 bridgehead atoms. The second kappa shape index (κ2) is 10.2. The summed E-state index contributed by atoms with van der Waals surface area (Å²) >= 11 is 0. The van der Waals surface area contributed by atoms with Crippen LogP contribution in [0.3, 0.4) is 0 Å². The molecule has 1 unspecified atom stereocenters. The summed E-state index contributed by atoms with van der Waals surface area (Å²) < 4.78 is 0. The standard InChI is InChI=1S/C7H11NO2.2C2H6/c1-5-2-3-8-7(10)4-6(5)9;2*1-2/h5H,2-4H2,1H3,(H,8,10);2*1-2H3. The molecule has 0 aromatic rings. The molecule has 1 saturated heterocycles. The van der Waals surface area contributed by atoms with Gasteiger partial charge in [-0.3, -0.25) is 9.59 Å². The lowest BCUT2D eigenvalue weighted by Gasteiger charge is -2.00. The molecule has 0 aliphatic carbocycles. The van der Waals surface area contributed by atoms with Crippen molar-refractivity contribution in [1.29, 1.82) is 0 Å². The van der Waals surface area contributed by atoms with Crippen molar-refractivity contribution in [2.75, 3.05) is 6.54 Å². The summed E-state index contributed by atoms with van der Waals surface area (Å²) in [5.41, 5.74) is 0. The van der Waals surface area contributed by atoms with Crippen molar-refractivity contribution >= 4 is 11.7 Å². The molecular weight excluding hydrogens is 178 g/mol. The molecular formula is C11H23NO2. The molecule has 3 nitrogen and oxygen atoms in total. The van der Waals surface area contributed by atoms with Crippen molar-refractivity contribution in [2.24, 2.45) is 5.92 Å². The van der Waals surface area contributed by atoms with Crippen molar-refractivity contribution in [2.45, 2.75) is 47.5 Å². The quantitative estimate of drug-likeness (QED) is 0.610. The van der Waals surface area contributed by atoms with Gasteiger partial charge >= 0.3 is 0 Å². The highest BCUT2D eigenvalue weighted by molar-refractivity contribution is 5.99. The van der Waals surface area contributed by atoms with Gasteiger partial charge in [0.05, 0.1) is 6.42 Å². The van der Waals surface area contributed by atoms with Crippen molar-refractivity contribution in [3.63, 3.8) is 0 Å². The maximum Gasteiger partial charge on any atom is 0.227 e. The number of nitrogens with one attached hydrogen (secondary N) is 1. The summed E-state index contributed by atoms with van der Waals surface area (Å²) in [6.45, 7) is 10.5. The molecule has 0 aromatic heterocycles. The molecule has 3 heteroatoms. The topological polar surface area (TPSA) is 46.2 Å². The highest BCUT2D eigenvalue weighted by atomic mass is 16.2. The number of rotatable bonds is 0. The minimum atomic E-state index is -0.130. The Morgan fingerprint density at radius 2 is 1.64 bits per heavy atom. The molecule has 1 fully saturated rings. The largest absolute Gasteiger partial charge is 0.356 e. The Balaban J connectivity index is 0. The third-order valence-corrected chi connectivity index (χ3v) is 1.78. The van der Waals surface area contributed by atoms with Gasteiger partial charge in [-0.1, -0.05) is 34.6 Å². The summed E-state index contributed by atoms with van der Waals surface area (Å²) in [5, 5.41) is 2.65. The average molecular weight is 201 g/mol. The summed E-state index contributed by atoms with van der Waals surface area (Å²) in [7, 11) is 0. The molecule has 0 radical (unpaired) electrons. The van der Waals surface area contributed by atoms with Gasteiger partial charge in [-0.25, -0.2) is 0 Å². The summed E-state index contributed by atoms with van der Waals surface area (Å²) in [5.74, 6) is -0.0108. The first kappa shape index (κ1) is 15.6. The minimum absolute atomic E-state index is 0.0546. The van der Waals surface area contributed by atoms with Gasteiger partial charge in [0.25, 0.3) is 0 Å². The Kier molecular flexibility index (Phi) is 11.4. The van der Waals surface area contributed by atoms with Crippen LogP contribution in [0.25, 0.3) is 0 Å². The molecule has 1 amide bonds. The van der Waals surface area contributed by atoms with E-state index >= 15 is 0 Å². The predicted octanol–water partition coefficient (Wildman–Crippen LogP) is 2.15. The first-order valence-corrected chi connectivity index (χ1v) is 5.49. The van der Waals surface area contributed by atoms with E-state index in [9.17, 15) is 9.59 Å². The van der Waals surface area contributed by atoms with Gasteiger partial charge < -0.3 is 5.32 Å². The molecule has 1 aliphatic heterocycles. The fourth-order valence-corrected chi connectivity index (χ4v) is 0.984. The maximum absolute atomic E-state index is 11.0. The van der Waals surface area contributed by atoms with Gasteiger partial charge in [-0.2, -0.15) is 0 Å². The van der Waals surface area contributed by atoms with Crippen LogP contribution in [-0.4, -0.2) is 18.2 Å². The zero-order valence-corrected chi connectivity index (χ0v) is 10.0. The minimum Gasteiger partial charge on any atom is -0.356 e. The van der Waals surface area contributed by atoms with Crippen LogP contribution < -0.4 is 5.32 Å². The first-order chi connectivity index (χ1) is 6.70. The van der Waals surface area contributed by atoms with E-state index in [1.54, 1.807) is 0 Å². The molecule has 14 heavy (non-hydrogen) atoms. The van der Waals surface area contributed by atoms with Crippen LogP contribution >= 0.6 is 0 Å². The number of carbonyl (C=O) groups excluding carboxylic acids is 2. The zero-order valence-electron chi connectivity index (χ0n) is 10.0. The Morgan fingerprint density at radius 3 is 2.14 bits per heavy atom. The molecule has 1 rings (SSSR count). The van der Waals surface area contributed by atoms with Crippen molar-refractivity contribution in [3.05, 3.63) is 0 Å². The Bertz CT molecular complexity index is 167. The maximum atomic E-state index is 11.0. The summed E-state index contributed by atoms with van der Waals surface area (Å²) in [4.78, 5) is 21.7. The number of Topliss-reactive ketones (excluding diaryl/α,β-unsaturated/α-hetero) is 1. The van der Waals surface area contributed by atoms with Crippen LogP contribution in [0.5, 0.6) is 0 Å². The van der Waals surface area contributed by atoms with Gasteiger partial charge in [0.1, 0.15) is 5.78 Å². The van der Waals surface area contributed by atoms with Crippen molar-refractivity contribution < 1.29 is 9.59 Å². The molecule has 1 aliphatic rings. The van der Waals surface area contributed by atoms with Gasteiger partial charge in [0.15, 0.2) is 0 Å². The number of hydrogen-bond donors (Lipinski definition) is 1. The van der Waals surface area contributed by atoms with Crippen LogP contribution in [0, 0.1) is 5.92 Å². The van der Waals surface area contributed by atoms with Crippen molar-refractivity contribution in [3.8, 4) is 0 Å². The molecule has 0 spiro atoms. The van der Waals surface area contributed by atoms with Gasteiger partial charge in [-0.15, -0.1) is 0 Å². The Morgan fingerprint density at radius 1 is 1.14 bits per heavy atom. The number of amides is 1. The lowest BCUT2D eigenvalue weighted by atomic mass is 10.0. The fraction of sp³-hybridized carbons (Fsp3) is 0.818. The SMILES string of the molecule is CC.CC.CC1CCNC(=O)CC1=O. The van der Waals surface area contributed by atoms with E-state index < -0.39 is 0 Å². The number of ketones is 1. The van der Waals surface area contributed by atoms with E-state index in [1.807, 2.05) is 34.6 Å². The molecule has 1 heterocycles. The van der Waals surface area contributed by atoms with E-state index in [-0.39, 0.29) is 24.0 Å². The number of hydrogen-bond acceptors (Lipinski definition) is 2. The first-order valence-electron chi connectivity index (χ1n) is 5.49. The molecule has 1 atom stereocenters. The van der Waals surface area contributed by atoms with E-state index in [1.165, 1.54) is 0 Å². The monoisotopic (exact) mass is 201 g/mol. The van der Waals surface area contributed by atoms with Gasteiger partial charge in [0, 0.05) is 12.5 Å². The Labute approximate surface area is 87.3 Å². The van der Waals surface area contributed by atoms with Crippen LogP contribution in [0.15, 0.2) is 0 Å². The van der Waals surface area contributed by atoms with Gasteiger partial charge in [-0.05, 0) is 6.42 Å². The Hall–Kier alpha value is -0.860. The second-order valence-corrected chi connectivity index (χ2v) is 2.68. The van der Waals surface area contributed by atoms with E-state index in [2.05, 4.69) is 5.32 Å². The lowest BCUT2D eigenvalue weighted by Crippen LogP contribution is -2.22. The third-order valence-electron chi connectivity index (χ3n) is 1.78. The molecule has 1 N–H and O–H groups in total. The van der Waals surface area contributed by atoms with E-state index in [0.29, 0.717) is 6.54 Å². The highest BCUT2D eigenvalue weighted by Gasteiger charge is 2.19. The highest BCUT2D eigenvalue weighted by Crippen LogP contribution is 2.07. The van der Waals surface area contributed by atoms with Crippen LogP contribution in [0.4, 0.5) is 0 Å². The van der Waals surface area contributed by atoms with Gasteiger partial charge in [0.2, 0.25) is 5.91 Å². The predicted molar refractivity (Wildman–Crippen MR) is 59.1 cm³/mol. The van der Waals surface area contributed by atoms with Crippen LogP contribution in [0.2, 0.25) is 0 Å². The zero-order chi connectivity index (χ0) is 11.6. The van der Waals surface area contributed by atoms with Crippen LogP contribution in [-0.2, 0) is 9.59 Å². The molecule has 0 aromatic carbocycles. The van der Waals surface area contributed by atoms with E-state index in [4.69, 9.17) is 0 Å². The summed E-state index contributed by atoms with van der Waals surface area (Å²) in [6.07, 6.45) is 0.853. The van der Waals surface area contributed by atoms with E-state index in [0.717, 1.165) is 6.42 Å². The smallest absolute Gasteiger partial charge is 0.227 e. The van der Waals surface area contributed by atoms with Crippen LogP contribution in [0.1, 0.15) is 47.5 Å². The average Bonchev–Trinajstić information content (AvgIpc) is 2.36. The lowest BCUT2D eigenvalue weighted by molar-refractivity contribution is -0.128. The fourth-order valence-electron chi connectivity index (χ4n) is 0.984. The summed E-state index contributed by atoms with van der Waals surface area (Å²) in [6, 6.07) is 0. The van der Waals surface area contributed by atoms with Crippen molar-refractivity contribution in [1.82, 2.24) is 5.32 Å². The molecule has 84 valence electrons. The normalized spacial score (nSPS) is 20.5. The molecule has 0 saturated carbocycles. The third kappa shape index (κ3) is 6.63. The second-order valence-electron chi connectivity index (χ2n) is 2.68.